The molecule has 0 amide bonds. The Labute approximate surface area is 180 Å². The van der Waals surface area contributed by atoms with Crippen molar-refractivity contribution in [3.8, 4) is 0 Å². The first-order valence-electron chi connectivity index (χ1n) is 10.0. The summed E-state index contributed by atoms with van der Waals surface area (Å²) in [4.78, 5) is 7.20. The second-order valence-electron chi connectivity index (χ2n) is 7.98. The van der Waals surface area contributed by atoms with Crippen molar-refractivity contribution in [2.75, 3.05) is 32.7 Å². The number of nitrogens with zero attached hydrogens (tertiary/aromatic N) is 2. The van der Waals surface area contributed by atoms with Crippen molar-refractivity contribution in [1.82, 2.24) is 15.5 Å². The van der Waals surface area contributed by atoms with Gasteiger partial charge in [0, 0.05) is 32.2 Å². The van der Waals surface area contributed by atoms with Gasteiger partial charge in [0.1, 0.15) is 17.1 Å². The molecule has 3 N–H and O–H groups in total. The maximum absolute atomic E-state index is 10.7. The number of furan rings is 1. The van der Waals surface area contributed by atoms with Gasteiger partial charge >= 0.3 is 0 Å². The molecule has 0 spiro atoms. The van der Waals surface area contributed by atoms with Crippen molar-refractivity contribution in [1.29, 1.82) is 0 Å². The summed E-state index contributed by atoms with van der Waals surface area (Å²) in [6.07, 6.45) is 5.52. The molecule has 0 aromatic carbocycles. The van der Waals surface area contributed by atoms with Crippen LogP contribution in [-0.4, -0.2) is 54.7 Å². The second kappa shape index (κ2) is 10.1. The number of aliphatic imine (C=N–C) groups is 1. The highest BCUT2D eigenvalue weighted by Gasteiger charge is 2.33. The van der Waals surface area contributed by atoms with E-state index in [1.54, 1.807) is 6.92 Å². The van der Waals surface area contributed by atoms with Crippen LogP contribution >= 0.6 is 24.0 Å². The molecule has 1 aromatic rings. The molecule has 3 rings (SSSR count). The Morgan fingerprint density at radius 3 is 2.59 bits per heavy atom. The molecule has 154 valence electrons. The minimum atomic E-state index is -1.11. The van der Waals surface area contributed by atoms with Crippen LogP contribution in [0.5, 0.6) is 0 Å². The fraction of sp³-hybridized carbons (Fsp3) is 0.750. The third-order valence-corrected chi connectivity index (χ3v) is 5.10. The van der Waals surface area contributed by atoms with Crippen LogP contribution in [-0.2, 0) is 5.60 Å². The Morgan fingerprint density at radius 1 is 1.30 bits per heavy atom. The van der Waals surface area contributed by atoms with Gasteiger partial charge < -0.3 is 20.2 Å². The first kappa shape index (κ1) is 22.5. The normalized spacial score (nSPS) is 19.5. The number of rotatable bonds is 10. The molecule has 1 heterocycles. The van der Waals surface area contributed by atoms with Crippen LogP contribution in [0.4, 0.5) is 0 Å². The fourth-order valence-corrected chi connectivity index (χ4v) is 3.19. The highest BCUT2D eigenvalue weighted by Crippen LogP contribution is 2.34. The molecular formula is C20H35IN4O2. The van der Waals surface area contributed by atoms with E-state index in [1.807, 2.05) is 19.1 Å². The lowest BCUT2D eigenvalue weighted by molar-refractivity contribution is 0.0428. The van der Waals surface area contributed by atoms with Gasteiger partial charge in [-0.15, -0.1) is 24.0 Å². The lowest BCUT2D eigenvalue weighted by Gasteiger charge is -2.23. The molecule has 0 saturated heterocycles. The molecule has 0 radical (unpaired) electrons. The summed E-state index contributed by atoms with van der Waals surface area (Å²) in [6, 6.07) is 4.49. The van der Waals surface area contributed by atoms with Crippen molar-refractivity contribution >= 4 is 29.9 Å². The summed E-state index contributed by atoms with van der Waals surface area (Å²) in [5.74, 6) is 3.03. The third-order valence-electron chi connectivity index (χ3n) is 5.10. The van der Waals surface area contributed by atoms with Crippen molar-refractivity contribution in [3.05, 3.63) is 23.7 Å². The predicted octanol–water partition coefficient (Wildman–Crippen LogP) is 2.84. The average molecular weight is 490 g/mol. The molecular weight excluding hydrogens is 455 g/mol. The Balaban J connectivity index is 0.00000261. The van der Waals surface area contributed by atoms with Crippen LogP contribution in [0, 0.1) is 12.8 Å². The third kappa shape index (κ3) is 7.27. The standard InChI is InChI=1S/C20H34N4O2.HI/c1-4-21-19(23-14-20(3,25)18-10-5-15(2)26-18)22-11-12-24(17-8-9-17)13-16-6-7-16;/h5,10,16-17,25H,4,6-9,11-14H2,1-3H3,(H2,21,22,23);1H. The smallest absolute Gasteiger partial charge is 0.191 e. The molecule has 7 heteroatoms. The minimum Gasteiger partial charge on any atom is -0.463 e. The zero-order valence-corrected chi connectivity index (χ0v) is 19.2. The first-order valence-corrected chi connectivity index (χ1v) is 10.0. The van der Waals surface area contributed by atoms with Crippen molar-refractivity contribution in [2.24, 2.45) is 10.9 Å². The van der Waals surface area contributed by atoms with Crippen LogP contribution in [0.1, 0.15) is 51.1 Å². The highest BCUT2D eigenvalue weighted by molar-refractivity contribution is 14.0. The average Bonchev–Trinajstić information content (AvgIpc) is 3.51. The Hall–Kier alpha value is -0.800. The van der Waals surface area contributed by atoms with E-state index in [9.17, 15) is 5.11 Å². The van der Waals surface area contributed by atoms with E-state index in [2.05, 4.69) is 27.4 Å². The summed E-state index contributed by atoms with van der Waals surface area (Å²) in [7, 11) is 0. The molecule has 2 fully saturated rings. The molecule has 2 aliphatic rings. The number of nitrogens with one attached hydrogen (secondary N) is 2. The summed E-state index contributed by atoms with van der Waals surface area (Å²) in [5, 5.41) is 17.3. The number of halogens is 1. The number of guanidine groups is 1. The zero-order chi connectivity index (χ0) is 18.6. The van der Waals surface area contributed by atoms with Crippen LogP contribution in [0.3, 0.4) is 0 Å². The van der Waals surface area contributed by atoms with Gasteiger partial charge in [-0.2, -0.15) is 0 Å². The van der Waals surface area contributed by atoms with Crippen LogP contribution in [0.15, 0.2) is 21.5 Å². The number of aryl methyl sites for hydroxylation is 1. The molecule has 6 nitrogen and oxygen atoms in total. The lowest BCUT2D eigenvalue weighted by atomic mass is 10.0. The maximum atomic E-state index is 10.7. The SMILES string of the molecule is CCNC(=NCC(C)(O)c1ccc(C)o1)NCCN(CC1CC1)C1CC1.I. The summed E-state index contributed by atoms with van der Waals surface area (Å²) < 4.78 is 5.56. The Morgan fingerprint density at radius 2 is 2.04 bits per heavy atom. The summed E-state index contributed by atoms with van der Waals surface area (Å²) in [5.41, 5.74) is -1.11. The van der Waals surface area contributed by atoms with Gasteiger partial charge in [-0.3, -0.25) is 4.90 Å². The van der Waals surface area contributed by atoms with E-state index in [0.717, 1.165) is 43.3 Å². The molecule has 1 atom stereocenters. The molecule has 27 heavy (non-hydrogen) atoms. The zero-order valence-electron chi connectivity index (χ0n) is 16.8. The van der Waals surface area contributed by atoms with Gasteiger partial charge in [0.15, 0.2) is 5.96 Å². The summed E-state index contributed by atoms with van der Waals surface area (Å²) in [6.45, 7) is 9.90. The van der Waals surface area contributed by atoms with Crippen LogP contribution in [0.25, 0.3) is 0 Å². The number of hydrogen-bond donors (Lipinski definition) is 3. The number of aliphatic hydroxyl groups is 1. The van der Waals surface area contributed by atoms with Gasteiger partial charge in [0.05, 0.1) is 6.54 Å². The van der Waals surface area contributed by atoms with E-state index in [0.29, 0.717) is 5.76 Å². The second-order valence-corrected chi connectivity index (χ2v) is 7.98. The van der Waals surface area contributed by atoms with Crippen LogP contribution in [0.2, 0.25) is 0 Å². The van der Waals surface area contributed by atoms with E-state index in [-0.39, 0.29) is 30.5 Å². The van der Waals surface area contributed by atoms with E-state index < -0.39 is 5.60 Å². The van der Waals surface area contributed by atoms with Gasteiger partial charge in [-0.05, 0) is 64.5 Å². The molecule has 1 aromatic heterocycles. The molecule has 0 aliphatic heterocycles. The minimum absolute atomic E-state index is 0. The van der Waals surface area contributed by atoms with Gasteiger partial charge in [-0.1, -0.05) is 0 Å². The molecule has 2 aliphatic carbocycles. The van der Waals surface area contributed by atoms with E-state index >= 15 is 0 Å². The first-order chi connectivity index (χ1) is 12.5. The monoisotopic (exact) mass is 490 g/mol. The summed E-state index contributed by atoms with van der Waals surface area (Å²) >= 11 is 0. The van der Waals surface area contributed by atoms with Gasteiger partial charge in [0.2, 0.25) is 0 Å². The van der Waals surface area contributed by atoms with Crippen molar-refractivity contribution in [3.63, 3.8) is 0 Å². The number of hydrogen-bond acceptors (Lipinski definition) is 4. The van der Waals surface area contributed by atoms with Gasteiger partial charge in [-0.25, -0.2) is 4.99 Å². The van der Waals surface area contributed by atoms with E-state index in [1.165, 1.54) is 32.2 Å². The highest BCUT2D eigenvalue weighted by atomic mass is 127. The van der Waals surface area contributed by atoms with E-state index in [4.69, 9.17) is 4.42 Å². The largest absolute Gasteiger partial charge is 0.463 e. The topological polar surface area (TPSA) is 73.0 Å². The van der Waals surface area contributed by atoms with Gasteiger partial charge in [0.25, 0.3) is 0 Å². The fourth-order valence-electron chi connectivity index (χ4n) is 3.19. The quantitative estimate of drug-likeness (QED) is 0.267. The predicted molar refractivity (Wildman–Crippen MR) is 120 cm³/mol. The lowest BCUT2D eigenvalue weighted by Crippen LogP contribution is -2.43. The molecule has 2 saturated carbocycles. The van der Waals surface area contributed by atoms with Crippen molar-refractivity contribution in [2.45, 2.75) is 58.1 Å². The van der Waals surface area contributed by atoms with Crippen molar-refractivity contribution < 1.29 is 9.52 Å². The maximum Gasteiger partial charge on any atom is 0.191 e. The Bertz CT molecular complexity index is 609. The Kier molecular flexibility index (Phi) is 8.42. The molecule has 1 unspecified atom stereocenters. The van der Waals surface area contributed by atoms with Crippen LogP contribution < -0.4 is 10.6 Å². The molecule has 0 bridgehead atoms.